The van der Waals surface area contributed by atoms with Gasteiger partial charge in [-0.2, -0.15) is 0 Å². The van der Waals surface area contributed by atoms with Crippen molar-refractivity contribution in [2.75, 3.05) is 0 Å². The van der Waals surface area contributed by atoms with Crippen LogP contribution in [0.1, 0.15) is 51.4 Å². The summed E-state index contributed by atoms with van der Waals surface area (Å²) in [5.41, 5.74) is 5.97. The Morgan fingerprint density at radius 1 is 0.786 bits per heavy atom. The van der Waals surface area contributed by atoms with Gasteiger partial charge in [0.15, 0.2) is 0 Å². The molecule has 3 aliphatic carbocycles. The highest BCUT2D eigenvalue weighted by Crippen LogP contribution is 2.53. The van der Waals surface area contributed by atoms with Crippen LogP contribution < -0.4 is 5.73 Å². The summed E-state index contributed by atoms with van der Waals surface area (Å²) in [5.74, 6) is 4.39. The van der Waals surface area contributed by atoms with Crippen LogP contribution in [-0.4, -0.2) is 6.04 Å². The molecule has 0 aromatic rings. The number of rotatable bonds is 2. The molecule has 0 amide bonds. The lowest BCUT2D eigenvalue weighted by molar-refractivity contribution is 0.279. The molecular formula is C13H23N. The second kappa shape index (κ2) is 3.52. The van der Waals surface area contributed by atoms with Crippen molar-refractivity contribution in [1.82, 2.24) is 0 Å². The summed E-state index contributed by atoms with van der Waals surface area (Å²) in [6.07, 6.45) is 11.8. The zero-order valence-electron chi connectivity index (χ0n) is 9.12. The molecule has 0 spiro atoms. The monoisotopic (exact) mass is 193 g/mol. The van der Waals surface area contributed by atoms with E-state index in [2.05, 4.69) is 0 Å². The molecule has 0 aromatic carbocycles. The molecule has 0 saturated heterocycles. The van der Waals surface area contributed by atoms with Crippen molar-refractivity contribution in [2.45, 2.75) is 57.4 Å². The van der Waals surface area contributed by atoms with E-state index in [-0.39, 0.29) is 0 Å². The van der Waals surface area contributed by atoms with Gasteiger partial charge in [0.2, 0.25) is 0 Å². The molecule has 3 aliphatic rings. The van der Waals surface area contributed by atoms with Crippen molar-refractivity contribution in [2.24, 2.45) is 29.4 Å². The summed E-state index contributed by atoms with van der Waals surface area (Å²) in [6.45, 7) is 0. The van der Waals surface area contributed by atoms with Gasteiger partial charge in [-0.25, -0.2) is 0 Å². The van der Waals surface area contributed by atoms with E-state index in [1.807, 2.05) is 0 Å². The Labute approximate surface area is 87.4 Å². The number of nitrogens with two attached hydrogens (primary N) is 1. The van der Waals surface area contributed by atoms with Crippen molar-refractivity contribution in [3.63, 3.8) is 0 Å². The van der Waals surface area contributed by atoms with Gasteiger partial charge >= 0.3 is 0 Å². The first-order valence-electron chi connectivity index (χ1n) is 6.57. The van der Waals surface area contributed by atoms with E-state index in [1.54, 1.807) is 19.3 Å². The molecule has 0 heterocycles. The quantitative estimate of drug-likeness (QED) is 0.717. The standard InChI is InChI=1S/C13H23N/c14-13-4-2-10(7-13)5-9-1-3-11-8-12(11)6-9/h9-13H,1-8,14H2. The molecule has 0 radical (unpaired) electrons. The minimum atomic E-state index is 0.539. The smallest absolute Gasteiger partial charge is 0.00415 e. The van der Waals surface area contributed by atoms with Crippen LogP contribution in [0.2, 0.25) is 0 Å². The molecular weight excluding hydrogens is 170 g/mol. The van der Waals surface area contributed by atoms with Crippen LogP contribution in [0, 0.1) is 23.7 Å². The Kier molecular flexibility index (Phi) is 2.31. The third kappa shape index (κ3) is 1.84. The average Bonchev–Trinajstić information content (AvgIpc) is 2.82. The van der Waals surface area contributed by atoms with E-state index in [1.165, 1.54) is 32.1 Å². The minimum absolute atomic E-state index is 0.539. The van der Waals surface area contributed by atoms with E-state index in [0.29, 0.717) is 6.04 Å². The maximum Gasteiger partial charge on any atom is 0.00415 e. The number of hydrogen-bond acceptors (Lipinski definition) is 1. The Hall–Kier alpha value is -0.0400. The zero-order valence-corrected chi connectivity index (χ0v) is 9.12. The van der Waals surface area contributed by atoms with Crippen LogP contribution in [0.25, 0.3) is 0 Å². The molecule has 3 fully saturated rings. The Bertz CT molecular complexity index is 213. The van der Waals surface area contributed by atoms with Crippen molar-refractivity contribution < 1.29 is 0 Å². The number of fused-ring (bicyclic) bond motifs is 1. The van der Waals surface area contributed by atoms with Gasteiger partial charge in [0, 0.05) is 6.04 Å². The first kappa shape index (κ1) is 9.21. The van der Waals surface area contributed by atoms with Gasteiger partial charge in [0.1, 0.15) is 0 Å². The van der Waals surface area contributed by atoms with Gasteiger partial charge in [0.25, 0.3) is 0 Å². The molecule has 0 aliphatic heterocycles. The first-order chi connectivity index (χ1) is 6.81. The van der Waals surface area contributed by atoms with Crippen LogP contribution in [-0.2, 0) is 0 Å². The fourth-order valence-electron chi connectivity index (χ4n) is 3.96. The van der Waals surface area contributed by atoms with Crippen LogP contribution >= 0.6 is 0 Å². The molecule has 80 valence electrons. The summed E-state index contributed by atoms with van der Waals surface area (Å²) in [4.78, 5) is 0. The predicted molar refractivity (Wildman–Crippen MR) is 58.9 cm³/mol. The fraction of sp³-hybridized carbons (Fsp3) is 1.00. The SMILES string of the molecule is NC1CCC(CC2CCC3CC3C2)C1. The lowest BCUT2D eigenvalue weighted by Crippen LogP contribution is -2.16. The van der Waals surface area contributed by atoms with Crippen molar-refractivity contribution >= 4 is 0 Å². The molecule has 1 nitrogen and oxygen atoms in total. The van der Waals surface area contributed by atoms with Gasteiger partial charge in [-0.1, -0.05) is 6.42 Å². The van der Waals surface area contributed by atoms with Gasteiger partial charge in [-0.05, 0) is 68.6 Å². The van der Waals surface area contributed by atoms with Crippen molar-refractivity contribution in [3.05, 3.63) is 0 Å². The second-order valence-corrected chi connectivity index (χ2v) is 6.11. The normalized spacial score (nSPS) is 51.6. The fourth-order valence-corrected chi connectivity index (χ4v) is 3.96. The highest BCUT2D eigenvalue weighted by Gasteiger charge is 2.42. The Balaban J connectivity index is 1.47. The largest absolute Gasteiger partial charge is 0.328 e. The number of hydrogen-bond donors (Lipinski definition) is 1. The van der Waals surface area contributed by atoms with Crippen molar-refractivity contribution in [3.8, 4) is 0 Å². The molecule has 3 saturated carbocycles. The Morgan fingerprint density at radius 2 is 1.57 bits per heavy atom. The summed E-state index contributed by atoms with van der Waals surface area (Å²) < 4.78 is 0. The van der Waals surface area contributed by atoms with E-state index in [4.69, 9.17) is 5.73 Å². The zero-order chi connectivity index (χ0) is 9.54. The average molecular weight is 193 g/mol. The van der Waals surface area contributed by atoms with E-state index in [0.717, 1.165) is 23.7 Å². The van der Waals surface area contributed by atoms with E-state index >= 15 is 0 Å². The van der Waals surface area contributed by atoms with E-state index < -0.39 is 0 Å². The highest BCUT2D eigenvalue weighted by molar-refractivity contribution is 4.93. The summed E-state index contributed by atoms with van der Waals surface area (Å²) in [7, 11) is 0. The molecule has 14 heavy (non-hydrogen) atoms. The molecule has 1 heteroatoms. The van der Waals surface area contributed by atoms with Crippen molar-refractivity contribution in [1.29, 1.82) is 0 Å². The van der Waals surface area contributed by atoms with Crippen LogP contribution in [0.5, 0.6) is 0 Å². The second-order valence-electron chi connectivity index (χ2n) is 6.11. The van der Waals surface area contributed by atoms with Gasteiger partial charge in [-0.3, -0.25) is 0 Å². The van der Waals surface area contributed by atoms with Gasteiger partial charge in [-0.15, -0.1) is 0 Å². The Morgan fingerprint density at radius 3 is 2.29 bits per heavy atom. The first-order valence-corrected chi connectivity index (χ1v) is 6.57. The molecule has 0 aromatic heterocycles. The molecule has 2 N–H and O–H groups in total. The van der Waals surface area contributed by atoms with E-state index in [9.17, 15) is 0 Å². The lowest BCUT2D eigenvalue weighted by Gasteiger charge is -2.24. The van der Waals surface area contributed by atoms with Crippen LogP contribution in [0.15, 0.2) is 0 Å². The van der Waals surface area contributed by atoms with Crippen LogP contribution in [0.4, 0.5) is 0 Å². The molecule has 5 atom stereocenters. The lowest BCUT2D eigenvalue weighted by atomic mass is 9.82. The predicted octanol–water partition coefficient (Wildman–Crippen LogP) is 2.94. The third-order valence-corrected chi connectivity index (χ3v) is 4.90. The molecule has 3 rings (SSSR count). The maximum absolute atomic E-state index is 5.97. The maximum atomic E-state index is 5.97. The topological polar surface area (TPSA) is 26.0 Å². The summed E-state index contributed by atoms with van der Waals surface area (Å²) in [6, 6.07) is 0.539. The minimum Gasteiger partial charge on any atom is -0.328 e. The molecule has 5 unspecified atom stereocenters. The summed E-state index contributed by atoms with van der Waals surface area (Å²) in [5, 5.41) is 0. The molecule has 0 bridgehead atoms. The third-order valence-electron chi connectivity index (χ3n) is 4.90. The van der Waals surface area contributed by atoms with Gasteiger partial charge < -0.3 is 5.73 Å². The van der Waals surface area contributed by atoms with Crippen LogP contribution in [0.3, 0.4) is 0 Å². The highest BCUT2D eigenvalue weighted by atomic mass is 14.6. The summed E-state index contributed by atoms with van der Waals surface area (Å²) >= 11 is 0. The van der Waals surface area contributed by atoms with Gasteiger partial charge in [0.05, 0.1) is 0 Å².